The van der Waals surface area contributed by atoms with Crippen LogP contribution in [0.1, 0.15) is 33.6 Å². The zero-order valence-corrected chi connectivity index (χ0v) is 11.0. The van der Waals surface area contributed by atoms with Gasteiger partial charge in [0.2, 0.25) is 0 Å². The molecule has 0 radical (unpaired) electrons. The molecule has 0 fully saturated rings. The number of carboxylic acid groups (broad SMARTS) is 2. The van der Waals surface area contributed by atoms with Gasteiger partial charge in [-0.1, -0.05) is 33.2 Å². The Bertz CT molecular complexity index is 320. The Morgan fingerprint density at radius 2 is 1.82 bits per heavy atom. The van der Waals surface area contributed by atoms with Crippen molar-refractivity contribution in [3.63, 3.8) is 0 Å². The topological polar surface area (TPSA) is 74.6 Å². The van der Waals surface area contributed by atoms with Gasteiger partial charge in [-0.15, -0.1) is 0 Å². The molecule has 96 valence electrons. The second kappa shape index (κ2) is 5.89. The summed E-state index contributed by atoms with van der Waals surface area (Å²) in [6.45, 7) is 8.98. The normalized spacial score (nSPS) is 15.0. The van der Waals surface area contributed by atoms with Crippen molar-refractivity contribution in [3.05, 3.63) is 12.2 Å². The lowest BCUT2D eigenvalue weighted by molar-refractivity contribution is -0.146. The van der Waals surface area contributed by atoms with Crippen molar-refractivity contribution >= 4 is 19.8 Å². The molecule has 2 N–H and O–H groups in total. The molecule has 2 atom stereocenters. The van der Waals surface area contributed by atoms with Gasteiger partial charge in [0, 0.05) is 5.57 Å². The highest BCUT2D eigenvalue weighted by atomic mass is 16.4. The van der Waals surface area contributed by atoms with E-state index < -0.39 is 23.3 Å². The molecule has 0 spiro atoms. The van der Waals surface area contributed by atoms with Crippen LogP contribution in [-0.4, -0.2) is 30.0 Å². The molecule has 0 saturated heterocycles. The molecule has 0 bridgehead atoms. The van der Waals surface area contributed by atoms with Gasteiger partial charge in [0.05, 0.1) is 5.92 Å². The van der Waals surface area contributed by atoms with E-state index in [2.05, 4.69) is 6.58 Å². The maximum Gasteiger partial charge on any atom is 0.330 e. The zero-order chi connectivity index (χ0) is 13.8. The van der Waals surface area contributed by atoms with Gasteiger partial charge >= 0.3 is 11.9 Å². The van der Waals surface area contributed by atoms with Crippen LogP contribution in [0.2, 0.25) is 5.82 Å². The molecule has 0 aromatic carbocycles. The maximum atomic E-state index is 11.3. The Balaban J connectivity index is 4.89. The summed E-state index contributed by atoms with van der Waals surface area (Å²) in [5.74, 6) is -2.24. The first-order chi connectivity index (χ1) is 7.58. The van der Waals surface area contributed by atoms with Crippen molar-refractivity contribution < 1.29 is 19.8 Å². The molecule has 5 heteroatoms. The van der Waals surface area contributed by atoms with Gasteiger partial charge in [0.25, 0.3) is 0 Å². The van der Waals surface area contributed by atoms with Crippen LogP contribution in [0.5, 0.6) is 0 Å². The molecule has 2 unspecified atom stereocenters. The molecule has 0 amide bonds. The molecule has 0 aromatic heterocycles. The average Bonchev–Trinajstić information content (AvgIpc) is 2.12. The van der Waals surface area contributed by atoms with Gasteiger partial charge in [-0.2, -0.15) is 0 Å². The van der Waals surface area contributed by atoms with E-state index >= 15 is 0 Å². The number of carboxylic acids is 2. The van der Waals surface area contributed by atoms with E-state index in [1.807, 2.05) is 14.8 Å². The van der Waals surface area contributed by atoms with Gasteiger partial charge in [-0.3, -0.25) is 4.79 Å². The molecule has 17 heavy (non-hydrogen) atoms. The molecule has 0 rings (SSSR count). The molecule has 4 nitrogen and oxygen atoms in total. The fourth-order valence-corrected chi connectivity index (χ4v) is 1.97. The molecule has 0 aliphatic rings. The summed E-state index contributed by atoms with van der Waals surface area (Å²) in [5, 5.41) is 18.0. The molecular weight excluding hydrogens is 219 g/mol. The number of rotatable bonds is 7. The van der Waals surface area contributed by atoms with Crippen LogP contribution in [0.15, 0.2) is 12.2 Å². The van der Waals surface area contributed by atoms with E-state index in [1.54, 1.807) is 13.8 Å². The van der Waals surface area contributed by atoms with E-state index in [0.717, 1.165) is 0 Å². The lowest BCUT2D eigenvalue weighted by Crippen LogP contribution is -2.33. The minimum absolute atomic E-state index is 0.0602. The maximum absolute atomic E-state index is 11.3. The van der Waals surface area contributed by atoms with Crippen molar-refractivity contribution in [3.8, 4) is 0 Å². The summed E-state index contributed by atoms with van der Waals surface area (Å²) < 4.78 is 0. The molecule has 0 aliphatic carbocycles. The van der Waals surface area contributed by atoms with Gasteiger partial charge in [0.1, 0.15) is 7.85 Å². The van der Waals surface area contributed by atoms with Crippen LogP contribution in [-0.2, 0) is 9.59 Å². The first kappa shape index (κ1) is 15.7. The summed E-state index contributed by atoms with van der Waals surface area (Å²) in [7, 11) is 1.96. The van der Waals surface area contributed by atoms with E-state index in [-0.39, 0.29) is 17.8 Å². The van der Waals surface area contributed by atoms with E-state index in [9.17, 15) is 14.7 Å². The third kappa shape index (κ3) is 5.07. The highest BCUT2D eigenvalue weighted by molar-refractivity contribution is 6.11. The van der Waals surface area contributed by atoms with Crippen molar-refractivity contribution in [2.45, 2.75) is 39.4 Å². The Morgan fingerprint density at radius 1 is 1.35 bits per heavy atom. The Morgan fingerprint density at radius 3 is 2.12 bits per heavy atom. The van der Waals surface area contributed by atoms with Crippen LogP contribution in [0, 0.1) is 11.3 Å². The van der Waals surface area contributed by atoms with Gasteiger partial charge in [0.15, 0.2) is 0 Å². The Labute approximate surface area is 103 Å². The average molecular weight is 240 g/mol. The van der Waals surface area contributed by atoms with Crippen LogP contribution in [0.3, 0.4) is 0 Å². The molecule has 0 heterocycles. The second-order valence-corrected chi connectivity index (χ2v) is 5.59. The van der Waals surface area contributed by atoms with Crippen molar-refractivity contribution in [2.24, 2.45) is 11.3 Å². The van der Waals surface area contributed by atoms with E-state index in [4.69, 9.17) is 5.11 Å². The molecule has 0 saturated carbocycles. The van der Waals surface area contributed by atoms with E-state index in [1.165, 1.54) is 0 Å². The smallest absolute Gasteiger partial charge is 0.330 e. The summed E-state index contributed by atoms with van der Waals surface area (Å²) in [4.78, 5) is 22.0. The molecule has 0 aliphatic heterocycles. The fourth-order valence-electron chi connectivity index (χ4n) is 1.97. The standard InChI is InChI=1S/C12H21BO4/c1-7(10(14)15)6-12(3,4)9(11(16)17)5-8(2)13/h8-9H,1,5-6,13H2,2-4H3,(H,14,15)(H,16,17). The van der Waals surface area contributed by atoms with Crippen molar-refractivity contribution in [1.29, 1.82) is 0 Å². The lowest BCUT2D eigenvalue weighted by atomic mass is 9.68. The predicted molar refractivity (Wildman–Crippen MR) is 68.9 cm³/mol. The van der Waals surface area contributed by atoms with E-state index in [0.29, 0.717) is 6.42 Å². The van der Waals surface area contributed by atoms with Crippen LogP contribution in [0.4, 0.5) is 0 Å². The largest absolute Gasteiger partial charge is 0.481 e. The van der Waals surface area contributed by atoms with Gasteiger partial charge < -0.3 is 10.2 Å². The SMILES string of the molecule is BC(C)CC(C(=O)O)C(C)(C)CC(=C)C(=O)O. The summed E-state index contributed by atoms with van der Waals surface area (Å²) in [6.07, 6.45) is 0.723. The third-order valence-electron chi connectivity index (χ3n) is 2.92. The quantitative estimate of drug-likeness (QED) is 0.523. The zero-order valence-electron chi connectivity index (χ0n) is 11.0. The Hall–Kier alpha value is -1.26. The third-order valence-corrected chi connectivity index (χ3v) is 2.92. The number of carbonyl (C=O) groups is 2. The molecular formula is C12H21BO4. The summed E-state index contributed by atoms with van der Waals surface area (Å²) in [5.41, 5.74) is -0.545. The van der Waals surface area contributed by atoms with Crippen LogP contribution < -0.4 is 0 Å². The van der Waals surface area contributed by atoms with Crippen molar-refractivity contribution in [1.82, 2.24) is 0 Å². The Kier molecular flexibility index (Phi) is 5.46. The fraction of sp³-hybridized carbons (Fsp3) is 0.667. The van der Waals surface area contributed by atoms with Gasteiger partial charge in [-0.05, 0) is 18.3 Å². The minimum atomic E-state index is -1.06. The first-order valence-electron chi connectivity index (χ1n) is 5.71. The number of hydrogen-bond donors (Lipinski definition) is 2. The second-order valence-electron chi connectivity index (χ2n) is 5.59. The first-order valence-corrected chi connectivity index (χ1v) is 5.71. The summed E-state index contributed by atoms with van der Waals surface area (Å²) >= 11 is 0. The monoisotopic (exact) mass is 240 g/mol. The number of hydrogen-bond acceptors (Lipinski definition) is 2. The highest BCUT2D eigenvalue weighted by Gasteiger charge is 2.36. The number of aliphatic carboxylic acids is 2. The van der Waals surface area contributed by atoms with Gasteiger partial charge in [-0.25, -0.2) is 4.79 Å². The molecule has 0 aromatic rings. The van der Waals surface area contributed by atoms with Crippen LogP contribution >= 0.6 is 0 Å². The minimum Gasteiger partial charge on any atom is -0.481 e. The highest BCUT2D eigenvalue weighted by Crippen LogP contribution is 2.38. The predicted octanol–water partition coefficient (Wildman–Crippen LogP) is 1.58. The lowest BCUT2D eigenvalue weighted by Gasteiger charge is -2.32. The summed E-state index contributed by atoms with van der Waals surface area (Å²) in [6, 6.07) is 0. The van der Waals surface area contributed by atoms with Crippen LogP contribution in [0.25, 0.3) is 0 Å². The van der Waals surface area contributed by atoms with Crippen molar-refractivity contribution in [2.75, 3.05) is 0 Å².